The summed E-state index contributed by atoms with van der Waals surface area (Å²) in [5, 5.41) is 11.1. The second-order valence-corrected chi connectivity index (χ2v) is 6.64. The zero-order valence-corrected chi connectivity index (χ0v) is 16.3. The van der Waals surface area contributed by atoms with Crippen LogP contribution in [0.2, 0.25) is 0 Å². The number of methoxy groups -OCH3 is 2. The first-order valence-electron chi connectivity index (χ1n) is 8.87. The average molecular weight is 385 g/mol. The fourth-order valence-corrected chi connectivity index (χ4v) is 3.45. The molecule has 7 nitrogen and oxygen atoms in total. The molecule has 1 fully saturated rings. The summed E-state index contributed by atoms with van der Waals surface area (Å²) in [4.78, 5) is 26.8. The van der Waals surface area contributed by atoms with Crippen molar-refractivity contribution in [3.8, 4) is 5.75 Å². The van der Waals surface area contributed by atoms with Crippen LogP contribution in [0, 0.1) is 13.8 Å². The monoisotopic (exact) mass is 385 g/mol. The summed E-state index contributed by atoms with van der Waals surface area (Å²) >= 11 is 0. The average Bonchev–Trinajstić information content (AvgIpc) is 3.29. The van der Waals surface area contributed by atoms with Crippen LogP contribution in [0.1, 0.15) is 28.5 Å². The standard InChI is InChI=1S/C21H23NO6/c1-12-11-16(27-4)13(2)10-14(12)19(23)17-18(15-6-5-8-28-15)22(7-9-26-3)21(25)20(17)24/h5-6,8,10-11,18,23H,7,9H2,1-4H3/b19-17-. The van der Waals surface area contributed by atoms with Crippen LogP contribution in [0.25, 0.3) is 5.76 Å². The molecule has 1 unspecified atom stereocenters. The van der Waals surface area contributed by atoms with Gasteiger partial charge in [0.15, 0.2) is 0 Å². The van der Waals surface area contributed by atoms with Crippen molar-refractivity contribution >= 4 is 17.4 Å². The van der Waals surface area contributed by atoms with Gasteiger partial charge >= 0.3 is 0 Å². The van der Waals surface area contributed by atoms with Gasteiger partial charge in [-0.3, -0.25) is 9.59 Å². The van der Waals surface area contributed by atoms with Gasteiger partial charge in [-0.15, -0.1) is 0 Å². The van der Waals surface area contributed by atoms with Gasteiger partial charge in [0.1, 0.15) is 23.3 Å². The minimum atomic E-state index is -0.813. The molecule has 0 aliphatic carbocycles. The molecule has 2 heterocycles. The quantitative estimate of drug-likeness (QED) is 0.467. The first-order chi connectivity index (χ1) is 13.4. The number of aryl methyl sites for hydroxylation is 2. The van der Waals surface area contributed by atoms with Crippen LogP contribution in [0.3, 0.4) is 0 Å². The molecule has 2 aromatic rings. The van der Waals surface area contributed by atoms with Crippen LogP contribution < -0.4 is 4.74 Å². The van der Waals surface area contributed by atoms with Gasteiger partial charge in [0.25, 0.3) is 11.7 Å². The lowest BCUT2D eigenvalue weighted by Gasteiger charge is -2.23. The number of Topliss-reactive ketones (excluding diaryl/α,β-unsaturated/α-hetero) is 1. The Labute approximate surface area is 163 Å². The Kier molecular flexibility index (Phi) is 5.56. The van der Waals surface area contributed by atoms with Gasteiger partial charge < -0.3 is 23.9 Å². The highest BCUT2D eigenvalue weighted by Gasteiger charge is 2.47. The Morgan fingerprint density at radius 2 is 1.96 bits per heavy atom. The van der Waals surface area contributed by atoms with Crippen LogP contribution in [-0.4, -0.2) is 49.1 Å². The van der Waals surface area contributed by atoms with Crippen molar-refractivity contribution in [2.24, 2.45) is 0 Å². The number of carbonyl (C=O) groups excluding carboxylic acids is 2. The van der Waals surface area contributed by atoms with Crippen molar-refractivity contribution in [3.05, 3.63) is 58.6 Å². The Morgan fingerprint density at radius 3 is 2.57 bits per heavy atom. The second-order valence-electron chi connectivity index (χ2n) is 6.64. The molecule has 0 saturated carbocycles. The van der Waals surface area contributed by atoms with Crippen molar-refractivity contribution in [2.45, 2.75) is 19.9 Å². The van der Waals surface area contributed by atoms with Crippen molar-refractivity contribution in [3.63, 3.8) is 0 Å². The Hall–Kier alpha value is -3.06. The van der Waals surface area contributed by atoms with Crippen molar-refractivity contribution in [1.82, 2.24) is 4.90 Å². The van der Waals surface area contributed by atoms with Gasteiger partial charge in [0.05, 0.1) is 25.6 Å². The number of carbonyl (C=O) groups is 2. The van der Waals surface area contributed by atoms with Gasteiger partial charge in [-0.25, -0.2) is 0 Å². The number of hydrogen-bond acceptors (Lipinski definition) is 6. The van der Waals surface area contributed by atoms with Crippen LogP contribution in [-0.2, 0) is 14.3 Å². The SMILES string of the molecule is COCCN1C(=O)C(=O)/C(=C(\O)c2cc(C)c(OC)cc2C)C1c1ccco1. The highest BCUT2D eigenvalue weighted by molar-refractivity contribution is 6.46. The van der Waals surface area contributed by atoms with E-state index in [-0.39, 0.29) is 24.5 Å². The van der Waals surface area contributed by atoms with Crippen molar-refractivity contribution in [2.75, 3.05) is 27.4 Å². The van der Waals surface area contributed by atoms with E-state index >= 15 is 0 Å². The van der Waals surface area contributed by atoms with Gasteiger partial charge in [-0.1, -0.05) is 0 Å². The smallest absolute Gasteiger partial charge is 0.295 e. The van der Waals surface area contributed by atoms with E-state index in [0.717, 1.165) is 11.1 Å². The number of ketones is 1. The van der Waals surface area contributed by atoms with Crippen LogP contribution in [0.4, 0.5) is 0 Å². The molecule has 148 valence electrons. The molecular weight excluding hydrogens is 362 g/mol. The lowest BCUT2D eigenvalue weighted by Crippen LogP contribution is -2.32. The molecule has 1 saturated heterocycles. The molecule has 3 rings (SSSR count). The first kappa shape index (κ1) is 19.7. The molecule has 1 aromatic heterocycles. The maximum absolute atomic E-state index is 12.8. The second kappa shape index (κ2) is 7.90. The van der Waals surface area contributed by atoms with E-state index in [2.05, 4.69) is 0 Å². The Balaban J connectivity index is 2.18. The number of amides is 1. The molecule has 1 aliphatic rings. The van der Waals surface area contributed by atoms with E-state index < -0.39 is 17.7 Å². The highest BCUT2D eigenvalue weighted by atomic mass is 16.5. The predicted octanol–water partition coefficient (Wildman–Crippen LogP) is 2.97. The molecule has 0 spiro atoms. The fraction of sp³-hybridized carbons (Fsp3) is 0.333. The molecule has 28 heavy (non-hydrogen) atoms. The van der Waals surface area contributed by atoms with E-state index in [9.17, 15) is 14.7 Å². The van der Waals surface area contributed by atoms with Crippen LogP contribution >= 0.6 is 0 Å². The third-order valence-electron chi connectivity index (χ3n) is 4.89. The normalized spacial score (nSPS) is 18.7. The van der Waals surface area contributed by atoms with Crippen molar-refractivity contribution < 1.29 is 28.6 Å². The maximum atomic E-state index is 12.8. The highest BCUT2D eigenvalue weighted by Crippen LogP contribution is 2.40. The third-order valence-corrected chi connectivity index (χ3v) is 4.89. The van der Waals surface area contributed by atoms with E-state index in [1.807, 2.05) is 6.92 Å². The first-order valence-corrected chi connectivity index (χ1v) is 8.87. The topological polar surface area (TPSA) is 89.2 Å². The van der Waals surface area contributed by atoms with Crippen molar-refractivity contribution in [1.29, 1.82) is 0 Å². The number of rotatable bonds is 6. The minimum absolute atomic E-state index is 0.00344. The molecule has 1 atom stereocenters. The lowest BCUT2D eigenvalue weighted by molar-refractivity contribution is -0.140. The number of hydrogen-bond donors (Lipinski definition) is 1. The zero-order chi connectivity index (χ0) is 20.4. The van der Waals surface area contributed by atoms with Crippen LogP contribution in [0.15, 0.2) is 40.5 Å². The maximum Gasteiger partial charge on any atom is 0.295 e. The summed E-state index contributed by atoms with van der Waals surface area (Å²) in [6, 6.07) is 6.06. The fourth-order valence-electron chi connectivity index (χ4n) is 3.45. The molecule has 1 aromatic carbocycles. The number of aliphatic hydroxyl groups is 1. The largest absolute Gasteiger partial charge is 0.507 e. The predicted molar refractivity (Wildman–Crippen MR) is 102 cm³/mol. The molecule has 1 N–H and O–H groups in total. The summed E-state index contributed by atoms with van der Waals surface area (Å²) in [5.74, 6) is -0.592. The van der Waals surface area contributed by atoms with E-state index in [1.165, 1.54) is 18.3 Å². The summed E-state index contributed by atoms with van der Waals surface area (Å²) in [5.41, 5.74) is 2.00. The van der Waals surface area contributed by atoms with E-state index in [1.54, 1.807) is 38.3 Å². The molecular formula is C21H23NO6. The number of furan rings is 1. The Bertz CT molecular complexity index is 929. The molecule has 7 heteroatoms. The third kappa shape index (κ3) is 3.29. The molecule has 0 bridgehead atoms. The minimum Gasteiger partial charge on any atom is -0.507 e. The summed E-state index contributed by atoms with van der Waals surface area (Å²) in [6.45, 7) is 4.10. The van der Waals surface area contributed by atoms with Crippen LogP contribution in [0.5, 0.6) is 5.75 Å². The van der Waals surface area contributed by atoms with Gasteiger partial charge in [-0.05, 0) is 49.2 Å². The summed E-state index contributed by atoms with van der Waals surface area (Å²) in [7, 11) is 3.08. The summed E-state index contributed by atoms with van der Waals surface area (Å²) < 4.78 is 15.9. The molecule has 1 amide bonds. The number of nitrogens with zero attached hydrogens (tertiary/aromatic N) is 1. The van der Waals surface area contributed by atoms with E-state index in [0.29, 0.717) is 17.1 Å². The van der Waals surface area contributed by atoms with Gasteiger partial charge in [0.2, 0.25) is 0 Å². The molecule has 0 radical (unpaired) electrons. The number of ether oxygens (including phenoxy) is 2. The van der Waals surface area contributed by atoms with Gasteiger partial charge in [-0.2, -0.15) is 0 Å². The van der Waals surface area contributed by atoms with E-state index in [4.69, 9.17) is 13.9 Å². The lowest BCUT2D eigenvalue weighted by atomic mass is 9.95. The molecule has 1 aliphatic heterocycles. The number of aliphatic hydroxyl groups excluding tert-OH is 1. The number of likely N-dealkylation sites (tertiary alicyclic amines) is 1. The summed E-state index contributed by atoms with van der Waals surface area (Å²) in [6.07, 6.45) is 1.47. The zero-order valence-electron chi connectivity index (χ0n) is 16.3. The van der Waals surface area contributed by atoms with Gasteiger partial charge in [0, 0.05) is 19.2 Å². The Morgan fingerprint density at radius 1 is 1.21 bits per heavy atom. The number of benzene rings is 1.